The average molecular weight is 467 g/mol. The summed E-state index contributed by atoms with van der Waals surface area (Å²) in [5.41, 5.74) is 3.28. The molecule has 2 N–H and O–H groups in total. The molecule has 1 aromatic carbocycles. The van der Waals surface area contributed by atoms with Crippen molar-refractivity contribution in [2.24, 2.45) is 0 Å². The third kappa shape index (κ3) is 4.18. The first-order chi connectivity index (χ1) is 15.6. The van der Waals surface area contributed by atoms with E-state index < -0.39 is 0 Å². The van der Waals surface area contributed by atoms with Gasteiger partial charge in [0.25, 0.3) is 0 Å². The first-order valence-corrected chi connectivity index (χ1v) is 12.3. The number of rotatable bonds is 4. The predicted molar refractivity (Wildman–Crippen MR) is 129 cm³/mol. The molecule has 0 unspecified atom stereocenters. The maximum absolute atomic E-state index is 12.8. The molecule has 3 heterocycles. The summed E-state index contributed by atoms with van der Waals surface area (Å²) in [5, 5.41) is 8.43. The van der Waals surface area contributed by atoms with Crippen molar-refractivity contribution in [3.63, 3.8) is 0 Å². The highest BCUT2D eigenvalue weighted by Crippen LogP contribution is 2.34. The van der Waals surface area contributed by atoms with Gasteiger partial charge < -0.3 is 10.1 Å². The van der Waals surface area contributed by atoms with Crippen molar-refractivity contribution in [2.75, 3.05) is 12.4 Å². The van der Waals surface area contributed by atoms with E-state index in [9.17, 15) is 9.59 Å². The van der Waals surface area contributed by atoms with Gasteiger partial charge in [-0.2, -0.15) is 0 Å². The number of urea groups is 1. The second-order valence-corrected chi connectivity index (χ2v) is 9.69. The van der Waals surface area contributed by atoms with Gasteiger partial charge in [0.1, 0.15) is 10.9 Å². The first-order valence-electron chi connectivity index (χ1n) is 10.6. The van der Waals surface area contributed by atoms with Gasteiger partial charge in [-0.15, -0.1) is 11.3 Å². The van der Waals surface area contributed by atoms with Crippen molar-refractivity contribution >= 4 is 60.2 Å². The number of amides is 2. The predicted octanol–water partition coefficient (Wildman–Crippen LogP) is 5.81. The summed E-state index contributed by atoms with van der Waals surface area (Å²) in [6.07, 6.45) is 7.19. The van der Waals surface area contributed by atoms with Crippen LogP contribution in [0.25, 0.3) is 31.6 Å². The fourth-order valence-electron chi connectivity index (χ4n) is 3.95. The first kappa shape index (κ1) is 20.8. The largest absolute Gasteiger partial charge is 0.459 e. The summed E-state index contributed by atoms with van der Waals surface area (Å²) in [6.45, 7) is 0. The molecule has 0 bridgehead atoms. The highest BCUT2D eigenvalue weighted by atomic mass is 32.1. The monoisotopic (exact) mass is 466 g/mol. The number of anilines is 1. The number of fused-ring (bicyclic) bond motifs is 2. The number of esters is 1. The second-order valence-electron chi connectivity index (χ2n) is 7.80. The maximum atomic E-state index is 12.8. The van der Waals surface area contributed by atoms with Gasteiger partial charge in [-0.3, -0.25) is 5.32 Å². The highest BCUT2D eigenvalue weighted by Gasteiger charge is 2.21. The Morgan fingerprint density at radius 3 is 2.78 bits per heavy atom. The van der Waals surface area contributed by atoms with Gasteiger partial charge in [0.05, 0.1) is 15.8 Å². The number of ether oxygens (including phenoxy) is 1. The molecule has 3 aromatic heterocycles. The van der Waals surface area contributed by atoms with E-state index in [0.29, 0.717) is 10.7 Å². The Bertz CT molecular complexity index is 1310. The fraction of sp³-hybridized carbons (Fsp3) is 0.304. The molecule has 0 spiro atoms. The smallest absolute Gasteiger partial charge is 0.339 e. The van der Waals surface area contributed by atoms with E-state index in [1.54, 1.807) is 7.05 Å². The highest BCUT2D eigenvalue weighted by molar-refractivity contribution is 7.22. The van der Waals surface area contributed by atoms with Crippen molar-refractivity contribution < 1.29 is 14.3 Å². The van der Waals surface area contributed by atoms with Crippen LogP contribution in [-0.4, -0.2) is 35.1 Å². The van der Waals surface area contributed by atoms with Gasteiger partial charge >= 0.3 is 12.0 Å². The van der Waals surface area contributed by atoms with E-state index in [1.165, 1.54) is 29.1 Å². The Morgan fingerprint density at radius 1 is 1.12 bits per heavy atom. The SMILES string of the molecule is CNC(=O)Nc1nc2ccc(-c3cnc4scc(C(=O)OC5CCCCC5)c4c3)cc2s1. The molecule has 2 amide bonds. The van der Waals surface area contributed by atoms with E-state index >= 15 is 0 Å². The number of hydrogen-bond donors (Lipinski definition) is 2. The van der Waals surface area contributed by atoms with Gasteiger partial charge in [0.2, 0.25) is 0 Å². The van der Waals surface area contributed by atoms with Crippen molar-refractivity contribution in [2.45, 2.75) is 38.2 Å². The van der Waals surface area contributed by atoms with Crippen LogP contribution in [0, 0.1) is 0 Å². The minimum Gasteiger partial charge on any atom is -0.459 e. The van der Waals surface area contributed by atoms with Gasteiger partial charge in [0.15, 0.2) is 5.13 Å². The molecule has 164 valence electrons. The van der Waals surface area contributed by atoms with Gasteiger partial charge in [0, 0.05) is 29.6 Å². The van der Waals surface area contributed by atoms with Gasteiger partial charge in [-0.1, -0.05) is 23.8 Å². The summed E-state index contributed by atoms with van der Waals surface area (Å²) >= 11 is 2.86. The minimum absolute atomic E-state index is 0.0219. The zero-order valence-corrected chi connectivity index (χ0v) is 19.1. The molecule has 1 saturated carbocycles. The lowest BCUT2D eigenvalue weighted by molar-refractivity contribution is 0.0214. The van der Waals surface area contributed by atoms with Gasteiger partial charge in [-0.05, 0) is 49.4 Å². The molecule has 4 aromatic rings. The molecule has 1 aliphatic carbocycles. The molecule has 1 fully saturated rings. The second kappa shape index (κ2) is 8.84. The number of pyridine rings is 1. The average Bonchev–Trinajstić information content (AvgIpc) is 3.42. The van der Waals surface area contributed by atoms with Crippen molar-refractivity contribution in [3.8, 4) is 11.1 Å². The lowest BCUT2D eigenvalue weighted by Crippen LogP contribution is -2.24. The van der Waals surface area contributed by atoms with Crippen LogP contribution < -0.4 is 10.6 Å². The summed E-state index contributed by atoms with van der Waals surface area (Å²) in [4.78, 5) is 34.2. The number of thiophene rings is 1. The molecule has 9 heteroatoms. The number of thiazole rings is 1. The molecule has 0 aliphatic heterocycles. The Labute approximate surface area is 192 Å². The quantitative estimate of drug-likeness (QED) is 0.370. The molecule has 32 heavy (non-hydrogen) atoms. The molecule has 5 rings (SSSR count). The lowest BCUT2D eigenvalue weighted by atomic mass is 9.98. The summed E-state index contributed by atoms with van der Waals surface area (Å²) in [5.74, 6) is -0.259. The molecular weight excluding hydrogens is 444 g/mol. The number of hydrogen-bond acceptors (Lipinski definition) is 7. The van der Waals surface area contributed by atoms with E-state index in [1.807, 2.05) is 35.8 Å². The topological polar surface area (TPSA) is 93.2 Å². The summed E-state index contributed by atoms with van der Waals surface area (Å²) in [7, 11) is 1.56. The van der Waals surface area contributed by atoms with Crippen LogP contribution in [0.4, 0.5) is 9.93 Å². The Balaban J connectivity index is 1.43. The molecule has 1 aliphatic rings. The number of carbonyl (C=O) groups excluding carboxylic acids is 2. The van der Waals surface area contributed by atoms with Crippen molar-refractivity contribution in [3.05, 3.63) is 41.4 Å². The Kier molecular flexibility index (Phi) is 5.75. The van der Waals surface area contributed by atoms with E-state index in [-0.39, 0.29) is 18.1 Å². The zero-order chi connectivity index (χ0) is 22.1. The number of carbonyl (C=O) groups is 2. The number of nitrogens with zero attached hydrogens (tertiary/aromatic N) is 2. The lowest BCUT2D eigenvalue weighted by Gasteiger charge is -2.21. The Hall–Kier alpha value is -3.04. The molecule has 0 atom stereocenters. The number of benzene rings is 1. The fourth-order valence-corrected chi connectivity index (χ4v) is 5.71. The summed E-state index contributed by atoms with van der Waals surface area (Å²) < 4.78 is 6.74. The van der Waals surface area contributed by atoms with Crippen molar-refractivity contribution in [1.82, 2.24) is 15.3 Å². The van der Waals surface area contributed by atoms with Crippen molar-refractivity contribution in [1.29, 1.82) is 0 Å². The minimum atomic E-state index is -0.302. The zero-order valence-electron chi connectivity index (χ0n) is 17.5. The normalized spacial score (nSPS) is 14.5. The third-order valence-electron chi connectivity index (χ3n) is 5.64. The van der Waals surface area contributed by atoms with Crippen LogP contribution in [-0.2, 0) is 4.74 Å². The molecule has 0 radical (unpaired) electrons. The summed E-state index contributed by atoms with van der Waals surface area (Å²) in [6, 6.07) is 7.62. The van der Waals surface area contributed by atoms with Crippen LogP contribution in [0.1, 0.15) is 42.5 Å². The molecule has 0 saturated heterocycles. The van der Waals surface area contributed by atoms with Crippen LogP contribution in [0.3, 0.4) is 0 Å². The van der Waals surface area contributed by atoms with Gasteiger partial charge in [-0.25, -0.2) is 19.6 Å². The van der Waals surface area contributed by atoms with Crippen LogP contribution in [0.15, 0.2) is 35.8 Å². The number of aromatic nitrogens is 2. The van der Waals surface area contributed by atoms with Crippen LogP contribution >= 0.6 is 22.7 Å². The van der Waals surface area contributed by atoms with Crippen LogP contribution in [0.5, 0.6) is 0 Å². The molecule has 7 nitrogen and oxygen atoms in total. The molecular formula is C23H22N4O3S2. The maximum Gasteiger partial charge on any atom is 0.339 e. The van der Waals surface area contributed by atoms with E-state index in [0.717, 1.165) is 57.2 Å². The Morgan fingerprint density at radius 2 is 1.97 bits per heavy atom. The third-order valence-corrected chi connectivity index (χ3v) is 7.48. The van der Waals surface area contributed by atoms with Crippen LogP contribution in [0.2, 0.25) is 0 Å². The van der Waals surface area contributed by atoms with E-state index in [2.05, 4.69) is 20.6 Å². The number of nitrogens with one attached hydrogen (secondary N) is 2. The standard InChI is InChI=1S/C23H22N4O3S2/c1-24-22(29)27-23-26-18-8-7-13(10-19(18)32-23)14-9-16-17(12-31-20(16)25-11-14)21(28)30-15-5-3-2-4-6-15/h7-12,15H,2-6H2,1H3,(H2,24,26,27,29). The van der Waals surface area contributed by atoms with E-state index in [4.69, 9.17) is 4.74 Å².